The third kappa shape index (κ3) is 4.18. The number of ether oxygens (including phenoxy) is 2. The fourth-order valence-corrected chi connectivity index (χ4v) is 3.43. The summed E-state index contributed by atoms with van der Waals surface area (Å²) in [4.78, 5) is 32.5. The van der Waals surface area contributed by atoms with Crippen molar-refractivity contribution in [2.24, 2.45) is 0 Å². The van der Waals surface area contributed by atoms with Crippen LogP contribution in [-0.2, 0) is 16.0 Å². The van der Waals surface area contributed by atoms with E-state index < -0.39 is 5.91 Å². The summed E-state index contributed by atoms with van der Waals surface area (Å²) in [5.41, 5.74) is 2.10. The number of methoxy groups -OCH3 is 1. The minimum Gasteiger partial charge on any atom is -0.493 e. The molecule has 2 aromatic heterocycles. The monoisotopic (exact) mass is 445 g/mol. The van der Waals surface area contributed by atoms with E-state index >= 15 is 0 Å². The lowest BCUT2D eigenvalue weighted by Gasteiger charge is -2.12. The second kappa shape index (κ2) is 8.23. The molecular formula is C22H19N7O4. The first kappa shape index (κ1) is 20.4. The highest BCUT2D eigenvalue weighted by molar-refractivity contribution is 6.15. The number of nitrogens with one attached hydrogen (secondary N) is 2. The number of carbonyl (C=O) groups excluding carboxylic acids is 2. The van der Waals surface area contributed by atoms with E-state index in [0.717, 1.165) is 18.4 Å². The van der Waals surface area contributed by atoms with Gasteiger partial charge in [-0.25, -0.2) is 0 Å². The zero-order valence-electron chi connectivity index (χ0n) is 17.7. The van der Waals surface area contributed by atoms with Crippen molar-refractivity contribution < 1.29 is 19.1 Å². The Morgan fingerprint density at radius 3 is 2.85 bits per heavy atom. The molecule has 2 amide bonds. The molecule has 1 saturated carbocycles. The maximum atomic E-state index is 12.0. The summed E-state index contributed by atoms with van der Waals surface area (Å²) in [6, 6.07) is 7.65. The van der Waals surface area contributed by atoms with Crippen LogP contribution in [0, 0.1) is 11.3 Å². The molecule has 2 aliphatic rings. The van der Waals surface area contributed by atoms with Crippen LogP contribution in [0.25, 0.3) is 11.7 Å². The van der Waals surface area contributed by atoms with Crippen LogP contribution in [0.2, 0.25) is 0 Å². The highest BCUT2D eigenvalue weighted by atomic mass is 16.5. The van der Waals surface area contributed by atoms with Gasteiger partial charge in [-0.05, 0) is 36.6 Å². The number of hydrogen-bond donors (Lipinski definition) is 2. The molecule has 0 bridgehead atoms. The Bertz CT molecular complexity index is 1350. The minimum absolute atomic E-state index is 0.00401. The van der Waals surface area contributed by atoms with Gasteiger partial charge in [-0.1, -0.05) is 6.07 Å². The normalized spacial score (nSPS) is 16.7. The van der Waals surface area contributed by atoms with Crippen LogP contribution in [0.3, 0.4) is 0 Å². The molecule has 0 spiro atoms. The quantitative estimate of drug-likeness (QED) is 0.412. The molecule has 0 atom stereocenters. The number of rotatable bonds is 7. The van der Waals surface area contributed by atoms with Crippen LogP contribution >= 0.6 is 0 Å². The average Bonchev–Trinajstić information content (AvgIpc) is 3.43. The molecule has 2 fully saturated rings. The van der Waals surface area contributed by atoms with E-state index in [-0.39, 0.29) is 24.8 Å². The standard InChI is InChI=1S/C22H19N7O4/c1-32-17-8-12(6-7-23)2-5-16(17)33-22-27-19-14(9-13-10-18(30)26-20(13)31)11-24-29(19)21(28-22)25-15-3-4-15/h2,5,8-9,11,15H,3-4,6,10H2,1H3,(H,25,27,28)(H,26,30,31)/b13-9+. The maximum Gasteiger partial charge on any atom is 0.327 e. The van der Waals surface area contributed by atoms with Gasteiger partial charge in [0.15, 0.2) is 17.1 Å². The minimum atomic E-state index is -0.427. The molecule has 1 aromatic carbocycles. The summed E-state index contributed by atoms with van der Waals surface area (Å²) in [5, 5.41) is 18.9. The van der Waals surface area contributed by atoms with Crippen molar-refractivity contribution in [1.82, 2.24) is 24.9 Å². The average molecular weight is 445 g/mol. The molecule has 11 nitrogen and oxygen atoms in total. The van der Waals surface area contributed by atoms with Gasteiger partial charge in [0.1, 0.15) is 0 Å². The summed E-state index contributed by atoms with van der Waals surface area (Å²) in [5.74, 6) is 0.517. The van der Waals surface area contributed by atoms with Gasteiger partial charge in [-0.15, -0.1) is 0 Å². The molecular weight excluding hydrogens is 426 g/mol. The topological polar surface area (TPSA) is 144 Å². The molecule has 1 aliphatic heterocycles. The van der Waals surface area contributed by atoms with Crippen LogP contribution in [0.15, 0.2) is 30.0 Å². The number of amides is 2. The summed E-state index contributed by atoms with van der Waals surface area (Å²) in [7, 11) is 1.51. The predicted octanol–water partition coefficient (Wildman–Crippen LogP) is 2.00. The first-order valence-electron chi connectivity index (χ1n) is 10.3. The number of aromatic nitrogens is 4. The molecule has 1 saturated heterocycles. The SMILES string of the molecule is COc1cc(CC#N)ccc1Oc1nc(NC2CC2)n2ncc(/C=C3\CC(=O)NC3=O)c2n1. The van der Waals surface area contributed by atoms with Gasteiger partial charge in [0, 0.05) is 17.2 Å². The molecule has 3 aromatic rings. The molecule has 5 rings (SSSR count). The first-order valence-corrected chi connectivity index (χ1v) is 10.3. The van der Waals surface area contributed by atoms with E-state index in [1.165, 1.54) is 7.11 Å². The molecule has 2 N–H and O–H groups in total. The van der Waals surface area contributed by atoms with Crippen LogP contribution in [0.5, 0.6) is 17.5 Å². The zero-order chi connectivity index (χ0) is 22.9. The first-order chi connectivity index (χ1) is 16.0. The summed E-state index contributed by atoms with van der Waals surface area (Å²) in [6.45, 7) is 0. The smallest absolute Gasteiger partial charge is 0.327 e. The molecule has 1 aliphatic carbocycles. The van der Waals surface area contributed by atoms with E-state index in [1.54, 1.807) is 35.0 Å². The van der Waals surface area contributed by atoms with Crippen molar-refractivity contribution in [3.05, 3.63) is 41.1 Å². The molecule has 11 heteroatoms. The van der Waals surface area contributed by atoms with Gasteiger partial charge in [0.25, 0.3) is 5.91 Å². The van der Waals surface area contributed by atoms with Gasteiger partial charge < -0.3 is 14.8 Å². The van der Waals surface area contributed by atoms with Crippen LogP contribution < -0.4 is 20.1 Å². The Labute approximate surface area is 188 Å². The van der Waals surface area contributed by atoms with Gasteiger partial charge >= 0.3 is 6.01 Å². The Balaban J connectivity index is 1.55. The van der Waals surface area contributed by atoms with Gasteiger partial charge in [-0.3, -0.25) is 14.9 Å². The van der Waals surface area contributed by atoms with E-state index in [0.29, 0.717) is 40.3 Å². The van der Waals surface area contributed by atoms with Crippen molar-refractivity contribution in [1.29, 1.82) is 5.26 Å². The van der Waals surface area contributed by atoms with Crippen molar-refractivity contribution in [3.63, 3.8) is 0 Å². The third-order valence-electron chi connectivity index (χ3n) is 5.22. The van der Waals surface area contributed by atoms with Crippen molar-refractivity contribution in [2.75, 3.05) is 12.4 Å². The molecule has 0 unspecified atom stereocenters. The predicted molar refractivity (Wildman–Crippen MR) is 116 cm³/mol. The van der Waals surface area contributed by atoms with Crippen molar-refractivity contribution in [2.45, 2.75) is 31.7 Å². The lowest BCUT2D eigenvalue weighted by molar-refractivity contribution is -0.124. The van der Waals surface area contributed by atoms with Gasteiger partial charge in [0.05, 0.1) is 32.2 Å². The molecule has 33 heavy (non-hydrogen) atoms. The molecule has 0 radical (unpaired) electrons. The number of nitriles is 1. The third-order valence-corrected chi connectivity index (χ3v) is 5.22. The number of hydrogen-bond acceptors (Lipinski definition) is 9. The van der Waals surface area contributed by atoms with E-state index in [2.05, 4.69) is 31.8 Å². The number of imide groups is 1. The van der Waals surface area contributed by atoms with Crippen molar-refractivity contribution >= 4 is 29.5 Å². The van der Waals surface area contributed by atoms with Gasteiger partial charge in [0.2, 0.25) is 11.9 Å². The van der Waals surface area contributed by atoms with Gasteiger partial charge in [-0.2, -0.15) is 24.8 Å². The Hall–Kier alpha value is -4.46. The Kier molecular flexibility index (Phi) is 5.10. The molecule has 3 heterocycles. The van der Waals surface area contributed by atoms with E-state index in [1.807, 2.05) is 0 Å². The summed E-state index contributed by atoms with van der Waals surface area (Å²) in [6.07, 6.45) is 5.46. The number of fused-ring (bicyclic) bond motifs is 1. The number of nitrogens with zero attached hydrogens (tertiary/aromatic N) is 5. The second-order valence-electron chi connectivity index (χ2n) is 7.73. The number of benzene rings is 1. The molecule has 166 valence electrons. The highest BCUT2D eigenvalue weighted by Gasteiger charge is 2.26. The Morgan fingerprint density at radius 1 is 1.30 bits per heavy atom. The van der Waals surface area contributed by atoms with E-state index in [4.69, 9.17) is 14.7 Å². The summed E-state index contributed by atoms with van der Waals surface area (Å²) >= 11 is 0. The largest absolute Gasteiger partial charge is 0.493 e. The lowest BCUT2D eigenvalue weighted by atomic mass is 10.1. The second-order valence-corrected chi connectivity index (χ2v) is 7.73. The maximum absolute atomic E-state index is 12.0. The number of carbonyl (C=O) groups is 2. The fourth-order valence-electron chi connectivity index (χ4n) is 3.43. The fraction of sp³-hybridized carbons (Fsp3) is 0.273. The lowest BCUT2D eigenvalue weighted by Crippen LogP contribution is -2.19. The van der Waals surface area contributed by atoms with E-state index in [9.17, 15) is 9.59 Å². The number of anilines is 1. The van der Waals surface area contributed by atoms with Crippen molar-refractivity contribution in [3.8, 4) is 23.6 Å². The van der Waals surface area contributed by atoms with Crippen LogP contribution in [0.1, 0.15) is 30.4 Å². The zero-order valence-corrected chi connectivity index (χ0v) is 17.7. The van der Waals surface area contributed by atoms with Crippen LogP contribution in [-0.4, -0.2) is 44.5 Å². The summed E-state index contributed by atoms with van der Waals surface area (Å²) < 4.78 is 12.9. The Morgan fingerprint density at radius 2 is 2.15 bits per heavy atom. The highest BCUT2D eigenvalue weighted by Crippen LogP contribution is 2.33. The van der Waals surface area contributed by atoms with Crippen LogP contribution in [0.4, 0.5) is 5.95 Å².